The Bertz CT molecular complexity index is 632. The second kappa shape index (κ2) is 5.29. The molecule has 2 atom stereocenters. The maximum atomic E-state index is 12.1. The molecule has 1 aromatic heterocycles. The van der Waals surface area contributed by atoms with Gasteiger partial charge in [0.15, 0.2) is 0 Å². The number of nitrogens with one attached hydrogen (secondary N) is 1. The average Bonchev–Trinajstić information content (AvgIpc) is 3.01. The average molecular weight is 272 g/mol. The first kappa shape index (κ1) is 13.2. The molecule has 0 radical (unpaired) electrons. The third-order valence-electron chi connectivity index (χ3n) is 4.21. The molecule has 0 saturated heterocycles. The van der Waals surface area contributed by atoms with Crippen molar-refractivity contribution in [2.75, 3.05) is 0 Å². The highest BCUT2D eigenvalue weighted by Crippen LogP contribution is 2.26. The lowest BCUT2D eigenvalue weighted by Crippen LogP contribution is -2.30. The minimum atomic E-state index is 0.0645. The van der Waals surface area contributed by atoms with Crippen LogP contribution >= 0.6 is 0 Å². The van der Waals surface area contributed by atoms with Gasteiger partial charge in [-0.2, -0.15) is 0 Å². The molecule has 1 amide bonds. The predicted molar refractivity (Wildman–Crippen MR) is 78.1 cm³/mol. The summed E-state index contributed by atoms with van der Waals surface area (Å²) in [5.41, 5.74) is 7.82. The number of para-hydroxylation sites is 1. The SMILES string of the molecule is Cc1c(CNC(=O)C2CCC(N)C2)oc2ccccc12. The van der Waals surface area contributed by atoms with Crippen molar-refractivity contribution in [3.63, 3.8) is 0 Å². The Kier molecular flexibility index (Phi) is 3.49. The van der Waals surface area contributed by atoms with Crippen molar-refractivity contribution >= 4 is 16.9 Å². The van der Waals surface area contributed by atoms with Crippen molar-refractivity contribution in [1.29, 1.82) is 0 Å². The van der Waals surface area contributed by atoms with E-state index in [9.17, 15) is 4.79 Å². The number of benzene rings is 1. The number of rotatable bonds is 3. The molecule has 1 aliphatic rings. The smallest absolute Gasteiger partial charge is 0.223 e. The van der Waals surface area contributed by atoms with E-state index in [0.29, 0.717) is 6.54 Å². The monoisotopic (exact) mass is 272 g/mol. The fourth-order valence-corrected chi connectivity index (χ4v) is 2.96. The van der Waals surface area contributed by atoms with Gasteiger partial charge in [0.25, 0.3) is 0 Å². The second-order valence-corrected chi connectivity index (χ2v) is 5.63. The van der Waals surface area contributed by atoms with E-state index in [4.69, 9.17) is 10.2 Å². The summed E-state index contributed by atoms with van der Waals surface area (Å²) < 4.78 is 5.79. The summed E-state index contributed by atoms with van der Waals surface area (Å²) in [7, 11) is 0. The van der Waals surface area contributed by atoms with Gasteiger partial charge < -0.3 is 15.5 Å². The van der Waals surface area contributed by atoms with Gasteiger partial charge >= 0.3 is 0 Å². The Hall–Kier alpha value is -1.81. The second-order valence-electron chi connectivity index (χ2n) is 5.63. The summed E-state index contributed by atoms with van der Waals surface area (Å²) in [4.78, 5) is 12.1. The Morgan fingerprint density at radius 1 is 1.40 bits per heavy atom. The van der Waals surface area contributed by atoms with Crippen molar-refractivity contribution in [3.8, 4) is 0 Å². The molecule has 106 valence electrons. The van der Waals surface area contributed by atoms with E-state index in [1.54, 1.807) is 0 Å². The van der Waals surface area contributed by atoms with Crippen molar-refractivity contribution in [3.05, 3.63) is 35.6 Å². The van der Waals surface area contributed by atoms with E-state index in [2.05, 4.69) is 5.32 Å². The fourth-order valence-electron chi connectivity index (χ4n) is 2.96. The van der Waals surface area contributed by atoms with Crippen LogP contribution in [0.3, 0.4) is 0 Å². The highest BCUT2D eigenvalue weighted by atomic mass is 16.3. The molecule has 0 aliphatic heterocycles. The van der Waals surface area contributed by atoms with Gasteiger partial charge in [0.2, 0.25) is 5.91 Å². The first-order valence-electron chi connectivity index (χ1n) is 7.15. The lowest BCUT2D eigenvalue weighted by Gasteiger charge is -2.09. The third kappa shape index (κ3) is 2.43. The Balaban J connectivity index is 1.68. The van der Waals surface area contributed by atoms with E-state index < -0.39 is 0 Å². The van der Waals surface area contributed by atoms with Crippen LogP contribution in [0.2, 0.25) is 0 Å². The van der Waals surface area contributed by atoms with Crippen LogP contribution < -0.4 is 11.1 Å². The molecule has 3 N–H and O–H groups in total. The van der Waals surface area contributed by atoms with Gasteiger partial charge in [-0.1, -0.05) is 18.2 Å². The number of aryl methyl sites for hydroxylation is 1. The number of amides is 1. The summed E-state index contributed by atoms with van der Waals surface area (Å²) in [6.45, 7) is 2.48. The van der Waals surface area contributed by atoms with E-state index in [-0.39, 0.29) is 17.9 Å². The van der Waals surface area contributed by atoms with Crippen LogP contribution in [0.1, 0.15) is 30.6 Å². The molecular formula is C16H20N2O2. The molecule has 1 saturated carbocycles. The molecule has 2 unspecified atom stereocenters. The van der Waals surface area contributed by atoms with Crippen molar-refractivity contribution < 1.29 is 9.21 Å². The van der Waals surface area contributed by atoms with Crippen LogP contribution in [-0.2, 0) is 11.3 Å². The molecule has 4 heteroatoms. The minimum Gasteiger partial charge on any atom is -0.459 e. The Labute approximate surface area is 118 Å². The number of fused-ring (bicyclic) bond motifs is 1. The molecule has 0 bridgehead atoms. The van der Waals surface area contributed by atoms with Gasteiger partial charge in [0.05, 0.1) is 6.54 Å². The molecule has 2 aromatic rings. The number of hydrogen-bond donors (Lipinski definition) is 2. The molecule has 1 aromatic carbocycles. The predicted octanol–water partition coefficient (Wildman–Crippen LogP) is 2.48. The molecule has 4 nitrogen and oxygen atoms in total. The number of carbonyl (C=O) groups is 1. The van der Waals surface area contributed by atoms with Crippen LogP contribution in [0.25, 0.3) is 11.0 Å². The first-order chi connectivity index (χ1) is 9.65. The number of nitrogens with two attached hydrogens (primary N) is 1. The number of furan rings is 1. The van der Waals surface area contributed by atoms with Gasteiger partial charge in [-0.15, -0.1) is 0 Å². The van der Waals surface area contributed by atoms with Crippen molar-refractivity contribution in [2.45, 2.75) is 38.8 Å². The third-order valence-corrected chi connectivity index (χ3v) is 4.21. The maximum Gasteiger partial charge on any atom is 0.223 e. The van der Waals surface area contributed by atoms with Gasteiger partial charge in [-0.05, 0) is 32.3 Å². The molecule has 1 heterocycles. The number of hydrogen-bond acceptors (Lipinski definition) is 3. The Morgan fingerprint density at radius 2 is 2.20 bits per heavy atom. The van der Waals surface area contributed by atoms with Gasteiger partial charge in [0, 0.05) is 22.9 Å². The molecule has 3 rings (SSSR count). The lowest BCUT2D eigenvalue weighted by atomic mass is 10.1. The van der Waals surface area contributed by atoms with Crippen LogP contribution in [0, 0.1) is 12.8 Å². The lowest BCUT2D eigenvalue weighted by molar-refractivity contribution is -0.125. The quantitative estimate of drug-likeness (QED) is 0.902. The Morgan fingerprint density at radius 3 is 2.90 bits per heavy atom. The van der Waals surface area contributed by atoms with Gasteiger partial charge in [-0.3, -0.25) is 4.79 Å². The molecule has 1 fully saturated rings. The highest BCUT2D eigenvalue weighted by Gasteiger charge is 2.27. The van der Waals surface area contributed by atoms with E-state index in [1.807, 2.05) is 31.2 Å². The zero-order chi connectivity index (χ0) is 14.1. The largest absolute Gasteiger partial charge is 0.459 e. The highest BCUT2D eigenvalue weighted by molar-refractivity contribution is 5.82. The van der Waals surface area contributed by atoms with E-state index in [1.165, 1.54) is 0 Å². The summed E-state index contributed by atoms with van der Waals surface area (Å²) >= 11 is 0. The minimum absolute atomic E-state index is 0.0645. The van der Waals surface area contributed by atoms with E-state index in [0.717, 1.165) is 41.6 Å². The fraction of sp³-hybridized carbons (Fsp3) is 0.438. The summed E-state index contributed by atoms with van der Waals surface area (Å²) in [6, 6.07) is 8.11. The molecular weight excluding hydrogens is 252 g/mol. The van der Waals surface area contributed by atoms with Crippen LogP contribution in [-0.4, -0.2) is 11.9 Å². The zero-order valence-corrected chi connectivity index (χ0v) is 11.7. The van der Waals surface area contributed by atoms with Gasteiger partial charge in [-0.25, -0.2) is 0 Å². The number of carbonyl (C=O) groups excluding carboxylic acids is 1. The van der Waals surface area contributed by atoms with Crippen LogP contribution in [0.15, 0.2) is 28.7 Å². The van der Waals surface area contributed by atoms with Gasteiger partial charge in [0.1, 0.15) is 11.3 Å². The van der Waals surface area contributed by atoms with E-state index >= 15 is 0 Å². The van der Waals surface area contributed by atoms with Crippen LogP contribution in [0.4, 0.5) is 0 Å². The maximum absolute atomic E-state index is 12.1. The van der Waals surface area contributed by atoms with Crippen LogP contribution in [0.5, 0.6) is 0 Å². The summed E-state index contributed by atoms with van der Waals surface area (Å²) in [6.07, 6.45) is 2.64. The van der Waals surface area contributed by atoms with Crippen molar-refractivity contribution in [2.24, 2.45) is 11.7 Å². The normalized spacial score (nSPS) is 22.3. The zero-order valence-electron chi connectivity index (χ0n) is 11.7. The summed E-state index contributed by atoms with van der Waals surface area (Å²) in [5, 5.41) is 4.09. The molecule has 1 aliphatic carbocycles. The molecule has 0 spiro atoms. The summed E-state index contributed by atoms with van der Waals surface area (Å²) in [5.74, 6) is 0.995. The molecule has 20 heavy (non-hydrogen) atoms. The first-order valence-corrected chi connectivity index (χ1v) is 7.15. The van der Waals surface area contributed by atoms with Crippen molar-refractivity contribution in [1.82, 2.24) is 5.32 Å². The standard InChI is InChI=1S/C16H20N2O2/c1-10-13-4-2-3-5-14(13)20-15(10)9-18-16(19)11-6-7-12(17)8-11/h2-5,11-12H,6-9,17H2,1H3,(H,18,19). The topological polar surface area (TPSA) is 68.3 Å².